The average Bonchev–Trinajstić information content (AvgIpc) is 1.93. The molecule has 13 heavy (non-hydrogen) atoms. The Balaban J connectivity index is 2.90. The zero-order chi connectivity index (χ0) is 10.1. The predicted molar refractivity (Wildman–Crippen MR) is 56.3 cm³/mol. The van der Waals surface area contributed by atoms with Gasteiger partial charge in [-0.1, -0.05) is 38.4 Å². The number of aromatic hydroxyl groups is 1. The first-order valence-electron chi connectivity index (χ1n) is 4.36. The zero-order valence-corrected chi connectivity index (χ0v) is 9.02. The van der Waals surface area contributed by atoms with Crippen molar-refractivity contribution in [2.45, 2.75) is 27.2 Å². The summed E-state index contributed by atoms with van der Waals surface area (Å²) in [4.78, 5) is 0. The Morgan fingerprint density at radius 3 is 2.38 bits per heavy atom. The van der Waals surface area contributed by atoms with Gasteiger partial charge in [-0.2, -0.15) is 0 Å². The molecule has 1 nitrogen and oxygen atoms in total. The SMILES string of the molecule is CC(C)(C)Cc1ccc(Cl)cc1O. The lowest BCUT2D eigenvalue weighted by Crippen LogP contribution is -2.09. The fraction of sp³-hybridized carbons (Fsp3) is 0.455. The Kier molecular flexibility index (Phi) is 2.87. The van der Waals surface area contributed by atoms with Crippen molar-refractivity contribution in [2.24, 2.45) is 5.41 Å². The molecule has 0 spiro atoms. The second kappa shape index (κ2) is 3.59. The molecule has 2 heteroatoms. The third-order valence-electron chi connectivity index (χ3n) is 1.77. The molecular formula is C11H15ClO. The van der Waals surface area contributed by atoms with Crippen LogP contribution in [-0.4, -0.2) is 5.11 Å². The highest BCUT2D eigenvalue weighted by molar-refractivity contribution is 6.30. The average molecular weight is 199 g/mol. The molecule has 72 valence electrons. The van der Waals surface area contributed by atoms with Gasteiger partial charge in [0.15, 0.2) is 0 Å². The summed E-state index contributed by atoms with van der Waals surface area (Å²) in [6.07, 6.45) is 0.857. The fourth-order valence-corrected chi connectivity index (χ4v) is 1.42. The second-order valence-corrected chi connectivity index (χ2v) is 4.95. The highest BCUT2D eigenvalue weighted by Crippen LogP contribution is 2.28. The first-order chi connectivity index (χ1) is 5.88. The van der Waals surface area contributed by atoms with Crippen molar-refractivity contribution in [3.05, 3.63) is 28.8 Å². The van der Waals surface area contributed by atoms with Crippen LogP contribution in [0.25, 0.3) is 0 Å². The number of phenolic OH excluding ortho intramolecular Hbond substituents is 1. The van der Waals surface area contributed by atoms with E-state index < -0.39 is 0 Å². The van der Waals surface area contributed by atoms with Gasteiger partial charge in [-0.05, 0) is 29.5 Å². The van der Waals surface area contributed by atoms with Gasteiger partial charge in [0.2, 0.25) is 0 Å². The number of hydrogen-bond donors (Lipinski definition) is 1. The quantitative estimate of drug-likeness (QED) is 0.731. The first kappa shape index (κ1) is 10.4. The van der Waals surface area contributed by atoms with Crippen LogP contribution in [0.3, 0.4) is 0 Å². The smallest absolute Gasteiger partial charge is 0.120 e. The number of rotatable bonds is 1. The minimum absolute atomic E-state index is 0.186. The van der Waals surface area contributed by atoms with Gasteiger partial charge < -0.3 is 5.11 Å². The van der Waals surface area contributed by atoms with Crippen molar-refractivity contribution >= 4 is 11.6 Å². The normalized spacial score (nSPS) is 11.7. The summed E-state index contributed by atoms with van der Waals surface area (Å²) in [6.45, 7) is 6.42. The van der Waals surface area contributed by atoms with E-state index in [1.54, 1.807) is 6.07 Å². The second-order valence-electron chi connectivity index (χ2n) is 4.51. The van der Waals surface area contributed by atoms with Crippen molar-refractivity contribution in [1.29, 1.82) is 0 Å². The van der Waals surface area contributed by atoms with Crippen molar-refractivity contribution in [2.75, 3.05) is 0 Å². The molecule has 0 aliphatic rings. The maximum Gasteiger partial charge on any atom is 0.120 e. The van der Waals surface area contributed by atoms with Gasteiger partial charge in [0.1, 0.15) is 5.75 Å². The zero-order valence-electron chi connectivity index (χ0n) is 8.26. The Morgan fingerprint density at radius 2 is 1.92 bits per heavy atom. The molecule has 1 aromatic rings. The van der Waals surface area contributed by atoms with Crippen molar-refractivity contribution < 1.29 is 5.11 Å². The molecule has 0 saturated carbocycles. The Hall–Kier alpha value is -0.690. The summed E-state index contributed by atoms with van der Waals surface area (Å²) < 4.78 is 0. The molecule has 1 rings (SSSR count). The number of benzene rings is 1. The van der Waals surface area contributed by atoms with Crippen LogP contribution >= 0.6 is 11.6 Å². The minimum atomic E-state index is 0.186. The van der Waals surface area contributed by atoms with Crippen LogP contribution in [0.2, 0.25) is 5.02 Å². The van der Waals surface area contributed by atoms with Crippen LogP contribution in [-0.2, 0) is 6.42 Å². The van der Waals surface area contributed by atoms with E-state index in [0.29, 0.717) is 10.8 Å². The molecule has 0 atom stereocenters. The summed E-state index contributed by atoms with van der Waals surface area (Å²) in [5.41, 5.74) is 1.14. The summed E-state index contributed by atoms with van der Waals surface area (Å²) >= 11 is 5.73. The topological polar surface area (TPSA) is 20.2 Å². The Morgan fingerprint density at radius 1 is 1.31 bits per heavy atom. The highest BCUT2D eigenvalue weighted by Gasteiger charge is 2.13. The molecule has 0 bridgehead atoms. The standard InChI is InChI=1S/C11H15ClO/c1-11(2,3)7-8-4-5-9(12)6-10(8)13/h4-6,13H,7H2,1-3H3. The highest BCUT2D eigenvalue weighted by atomic mass is 35.5. The van der Waals surface area contributed by atoms with Gasteiger partial charge in [0.05, 0.1) is 0 Å². The molecule has 1 aromatic carbocycles. The minimum Gasteiger partial charge on any atom is -0.508 e. The lowest BCUT2D eigenvalue weighted by molar-refractivity contribution is 0.395. The molecule has 0 saturated heterocycles. The van der Waals surface area contributed by atoms with E-state index in [-0.39, 0.29) is 5.41 Å². The van der Waals surface area contributed by atoms with Gasteiger partial charge in [-0.3, -0.25) is 0 Å². The van der Waals surface area contributed by atoms with E-state index >= 15 is 0 Å². The third-order valence-corrected chi connectivity index (χ3v) is 2.00. The molecule has 0 heterocycles. The molecule has 0 aliphatic carbocycles. The third kappa shape index (κ3) is 3.27. The van der Waals surface area contributed by atoms with Crippen LogP contribution in [0, 0.1) is 5.41 Å². The van der Waals surface area contributed by atoms with Crippen LogP contribution in [0.1, 0.15) is 26.3 Å². The fourth-order valence-electron chi connectivity index (χ4n) is 1.26. The summed E-state index contributed by atoms with van der Waals surface area (Å²) in [6, 6.07) is 5.27. The Bertz CT molecular complexity index is 299. The van der Waals surface area contributed by atoms with E-state index in [0.717, 1.165) is 12.0 Å². The van der Waals surface area contributed by atoms with E-state index in [4.69, 9.17) is 11.6 Å². The summed E-state index contributed by atoms with van der Waals surface area (Å²) in [5, 5.41) is 10.1. The maximum atomic E-state index is 9.57. The van der Waals surface area contributed by atoms with Crippen LogP contribution < -0.4 is 0 Å². The van der Waals surface area contributed by atoms with E-state index in [2.05, 4.69) is 20.8 Å². The van der Waals surface area contributed by atoms with Crippen LogP contribution in [0.4, 0.5) is 0 Å². The molecule has 0 radical (unpaired) electrons. The van der Waals surface area contributed by atoms with Crippen LogP contribution in [0.15, 0.2) is 18.2 Å². The van der Waals surface area contributed by atoms with E-state index in [1.165, 1.54) is 0 Å². The number of halogens is 1. The number of hydrogen-bond acceptors (Lipinski definition) is 1. The van der Waals surface area contributed by atoms with Gasteiger partial charge in [-0.25, -0.2) is 0 Å². The summed E-state index contributed by atoms with van der Waals surface area (Å²) in [5.74, 6) is 0.294. The first-order valence-corrected chi connectivity index (χ1v) is 4.74. The predicted octanol–water partition coefficient (Wildman–Crippen LogP) is 3.63. The lowest BCUT2D eigenvalue weighted by Gasteiger charge is -2.18. The van der Waals surface area contributed by atoms with Crippen molar-refractivity contribution in [3.63, 3.8) is 0 Å². The summed E-state index contributed by atoms with van der Waals surface area (Å²) in [7, 11) is 0. The van der Waals surface area contributed by atoms with E-state index in [9.17, 15) is 5.11 Å². The van der Waals surface area contributed by atoms with Crippen molar-refractivity contribution in [3.8, 4) is 5.75 Å². The van der Waals surface area contributed by atoms with Gasteiger partial charge >= 0.3 is 0 Å². The molecule has 1 N–H and O–H groups in total. The maximum absolute atomic E-state index is 9.57. The van der Waals surface area contributed by atoms with Gasteiger partial charge in [-0.15, -0.1) is 0 Å². The van der Waals surface area contributed by atoms with Crippen LogP contribution in [0.5, 0.6) is 5.75 Å². The molecular weight excluding hydrogens is 184 g/mol. The molecule has 0 amide bonds. The van der Waals surface area contributed by atoms with E-state index in [1.807, 2.05) is 12.1 Å². The largest absolute Gasteiger partial charge is 0.508 e. The molecule has 0 aliphatic heterocycles. The number of phenols is 1. The lowest BCUT2D eigenvalue weighted by atomic mass is 9.88. The van der Waals surface area contributed by atoms with Gasteiger partial charge in [0, 0.05) is 5.02 Å². The Labute approximate surface area is 84.4 Å². The molecule has 0 unspecified atom stereocenters. The monoisotopic (exact) mass is 198 g/mol. The molecule has 0 aromatic heterocycles. The van der Waals surface area contributed by atoms with Crippen molar-refractivity contribution in [1.82, 2.24) is 0 Å². The van der Waals surface area contributed by atoms with Gasteiger partial charge in [0.25, 0.3) is 0 Å². The molecule has 0 fully saturated rings.